The van der Waals surface area contributed by atoms with Gasteiger partial charge in [-0.2, -0.15) is 13.2 Å². The summed E-state index contributed by atoms with van der Waals surface area (Å²) in [7, 11) is -2.40. The maximum absolute atomic E-state index is 12.6. The molecule has 0 saturated heterocycles. The molecule has 0 aliphatic heterocycles. The third-order valence-corrected chi connectivity index (χ3v) is 5.82. The molecule has 0 fully saturated rings. The number of hydrogen-bond donors (Lipinski definition) is 3. The Kier molecular flexibility index (Phi) is 10.8. The number of carboxylic acids is 2. The van der Waals surface area contributed by atoms with Crippen molar-refractivity contribution in [2.24, 2.45) is 0 Å². The fourth-order valence-electron chi connectivity index (χ4n) is 2.65. The lowest BCUT2D eigenvalue weighted by atomic mass is 10.2. The van der Waals surface area contributed by atoms with Crippen LogP contribution < -0.4 is 14.4 Å². The highest BCUT2D eigenvalue weighted by Crippen LogP contribution is 2.24. The zero-order chi connectivity index (χ0) is 26.8. The molecule has 0 unspecified atom stereocenters. The summed E-state index contributed by atoms with van der Waals surface area (Å²) in [4.78, 5) is 26.7. The number of alkyl halides is 3. The van der Waals surface area contributed by atoms with Crippen molar-refractivity contribution in [3.63, 3.8) is 0 Å². The van der Waals surface area contributed by atoms with E-state index in [1.165, 1.54) is 43.6 Å². The SMILES string of the molecule is CCCCN(CC)c1ncc(NS(=O)(=O)c2ccc(OC)cc2)cc1C(=O)O.O=C(O)C(F)(F)F. The Morgan fingerprint density at radius 2 is 1.71 bits per heavy atom. The summed E-state index contributed by atoms with van der Waals surface area (Å²) < 4.78 is 64.3. The lowest BCUT2D eigenvalue weighted by molar-refractivity contribution is -0.192. The second kappa shape index (κ2) is 12.8. The van der Waals surface area contributed by atoms with Crippen LogP contribution in [0.5, 0.6) is 5.75 Å². The van der Waals surface area contributed by atoms with E-state index in [1.807, 2.05) is 11.8 Å². The van der Waals surface area contributed by atoms with Gasteiger partial charge in [0.15, 0.2) is 0 Å². The van der Waals surface area contributed by atoms with E-state index < -0.39 is 28.1 Å². The summed E-state index contributed by atoms with van der Waals surface area (Å²) in [6.07, 6.45) is -1.88. The van der Waals surface area contributed by atoms with Gasteiger partial charge in [0.1, 0.15) is 17.1 Å². The van der Waals surface area contributed by atoms with Crippen molar-refractivity contribution in [2.45, 2.75) is 37.8 Å². The molecule has 3 N–H and O–H groups in total. The molecule has 35 heavy (non-hydrogen) atoms. The minimum atomic E-state index is -5.08. The summed E-state index contributed by atoms with van der Waals surface area (Å²) in [6.45, 7) is 5.25. The molecule has 2 aromatic rings. The van der Waals surface area contributed by atoms with Gasteiger partial charge in [-0.15, -0.1) is 0 Å². The van der Waals surface area contributed by atoms with Gasteiger partial charge in [0.25, 0.3) is 10.0 Å². The number of hydrogen-bond acceptors (Lipinski definition) is 7. The van der Waals surface area contributed by atoms with E-state index in [-0.39, 0.29) is 16.1 Å². The number of aliphatic carboxylic acids is 1. The molecule has 2 rings (SSSR count). The van der Waals surface area contributed by atoms with Crippen molar-refractivity contribution in [3.8, 4) is 5.75 Å². The van der Waals surface area contributed by atoms with E-state index in [4.69, 9.17) is 14.6 Å². The first-order chi connectivity index (χ1) is 16.3. The van der Waals surface area contributed by atoms with Gasteiger partial charge in [-0.3, -0.25) is 4.72 Å². The molecule has 0 saturated carbocycles. The number of halogens is 3. The molecule has 0 aliphatic carbocycles. The Bertz CT molecular complexity index is 1110. The molecule has 1 heterocycles. The average molecular weight is 522 g/mol. The smallest absolute Gasteiger partial charge is 0.490 e. The molecule has 194 valence electrons. The van der Waals surface area contributed by atoms with Gasteiger partial charge in [0.2, 0.25) is 0 Å². The molecule has 0 spiro atoms. The van der Waals surface area contributed by atoms with Crippen LogP contribution in [0.1, 0.15) is 37.0 Å². The highest BCUT2D eigenvalue weighted by atomic mass is 32.2. The van der Waals surface area contributed by atoms with Gasteiger partial charge in [-0.25, -0.2) is 23.0 Å². The first kappa shape index (κ1) is 29.5. The first-order valence-corrected chi connectivity index (χ1v) is 11.7. The Morgan fingerprint density at radius 3 is 2.14 bits per heavy atom. The van der Waals surface area contributed by atoms with Crippen LogP contribution in [0.15, 0.2) is 41.4 Å². The van der Waals surface area contributed by atoms with Gasteiger partial charge >= 0.3 is 18.1 Å². The van der Waals surface area contributed by atoms with E-state index in [9.17, 15) is 31.5 Å². The molecule has 10 nitrogen and oxygen atoms in total. The fourth-order valence-corrected chi connectivity index (χ4v) is 3.69. The second-order valence-electron chi connectivity index (χ2n) is 6.92. The number of anilines is 2. The Hall–Kier alpha value is -3.55. The predicted octanol–water partition coefficient (Wildman–Crippen LogP) is 3.85. The topological polar surface area (TPSA) is 146 Å². The number of pyridine rings is 1. The summed E-state index contributed by atoms with van der Waals surface area (Å²) in [5.41, 5.74) is 0.0383. The molecule has 1 aromatic carbocycles. The minimum Gasteiger partial charge on any atom is -0.497 e. The zero-order valence-electron chi connectivity index (χ0n) is 19.2. The van der Waals surface area contributed by atoms with Crippen LogP contribution in [0.4, 0.5) is 24.7 Å². The van der Waals surface area contributed by atoms with Gasteiger partial charge < -0.3 is 19.8 Å². The number of aromatic nitrogens is 1. The van der Waals surface area contributed by atoms with Crippen LogP contribution in [0.2, 0.25) is 0 Å². The van der Waals surface area contributed by atoms with E-state index in [0.717, 1.165) is 12.8 Å². The number of nitrogens with zero attached hydrogens (tertiary/aromatic N) is 2. The second-order valence-corrected chi connectivity index (χ2v) is 8.60. The molecule has 1 aromatic heterocycles. The van der Waals surface area contributed by atoms with Crippen molar-refractivity contribution >= 4 is 33.5 Å². The molecular weight excluding hydrogens is 495 g/mol. The maximum atomic E-state index is 12.6. The molecule has 0 aliphatic rings. The van der Waals surface area contributed by atoms with Crippen LogP contribution in [-0.2, 0) is 14.8 Å². The Balaban J connectivity index is 0.000000762. The van der Waals surface area contributed by atoms with Crippen molar-refractivity contribution in [3.05, 3.63) is 42.1 Å². The van der Waals surface area contributed by atoms with Crippen LogP contribution in [-0.4, -0.2) is 61.9 Å². The number of benzene rings is 1. The summed E-state index contributed by atoms with van der Waals surface area (Å²) in [6, 6.07) is 7.17. The van der Waals surface area contributed by atoms with Crippen molar-refractivity contribution in [1.29, 1.82) is 0 Å². The monoisotopic (exact) mass is 521 g/mol. The van der Waals surface area contributed by atoms with E-state index >= 15 is 0 Å². The Morgan fingerprint density at radius 1 is 1.14 bits per heavy atom. The van der Waals surface area contributed by atoms with Crippen molar-refractivity contribution in [1.82, 2.24) is 4.98 Å². The standard InChI is InChI=1S/C19H25N3O5S.C2HF3O2/c1-4-6-11-22(5-2)18-17(19(23)24)12-14(13-20-18)21-28(25,26)16-9-7-15(27-3)8-10-16;3-2(4,5)1(6)7/h7-10,12-13,21H,4-6,11H2,1-3H3,(H,23,24);(H,6,7). The predicted molar refractivity (Wildman–Crippen MR) is 121 cm³/mol. The lowest BCUT2D eigenvalue weighted by Crippen LogP contribution is -2.27. The number of ether oxygens (including phenoxy) is 1. The number of rotatable bonds is 10. The number of carbonyl (C=O) groups is 2. The summed E-state index contributed by atoms with van der Waals surface area (Å²) >= 11 is 0. The molecular formula is C21H26F3N3O7S. The van der Waals surface area contributed by atoms with Crippen LogP contribution in [0.25, 0.3) is 0 Å². The molecule has 0 amide bonds. The van der Waals surface area contributed by atoms with E-state index in [1.54, 1.807) is 0 Å². The zero-order valence-corrected chi connectivity index (χ0v) is 20.0. The highest BCUT2D eigenvalue weighted by molar-refractivity contribution is 7.92. The number of nitrogens with one attached hydrogen (secondary N) is 1. The quantitative estimate of drug-likeness (QED) is 0.424. The normalized spacial score (nSPS) is 11.1. The number of unbranched alkanes of at least 4 members (excludes halogenated alkanes) is 1. The number of aromatic carboxylic acids is 1. The highest BCUT2D eigenvalue weighted by Gasteiger charge is 2.38. The largest absolute Gasteiger partial charge is 0.497 e. The van der Waals surface area contributed by atoms with Gasteiger partial charge in [0, 0.05) is 13.1 Å². The van der Waals surface area contributed by atoms with Crippen molar-refractivity contribution < 1.29 is 46.1 Å². The molecule has 0 radical (unpaired) electrons. The molecule has 14 heteroatoms. The third-order valence-electron chi connectivity index (χ3n) is 4.42. The van der Waals surface area contributed by atoms with Gasteiger partial charge in [-0.1, -0.05) is 13.3 Å². The van der Waals surface area contributed by atoms with E-state index in [0.29, 0.717) is 24.7 Å². The van der Waals surface area contributed by atoms with Gasteiger partial charge in [-0.05, 0) is 43.7 Å². The fraction of sp³-hybridized carbons (Fsp3) is 0.381. The third kappa shape index (κ3) is 8.96. The van der Waals surface area contributed by atoms with Crippen molar-refractivity contribution in [2.75, 3.05) is 29.8 Å². The summed E-state index contributed by atoms with van der Waals surface area (Å²) in [5, 5.41) is 16.7. The average Bonchev–Trinajstić information content (AvgIpc) is 2.79. The number of carboxylic acid groups (broad SMARTS) is 2. The lowest BCUT2D eigenvalue weighted by Gasteiger charge is -2.23. The maximum Gasteiger partial charge on any atom is 0.490 e. The summed E-state index contributed by atoms with van der Waals surface area (Å²) in [5.74, 6) is -3.06. The number of sulfonamides is 1. The minimum absolute atomic E-state index is 0.0346. The molecule has 0 bridgehead atoms. The molecule has 0 atom stereocenters. The van der Waals surface area contributed by atoms with Gasteiger partial charge in [0.05, 0.1) is 23.9 Å². The van der Waals surface area contributed by atoms with E-state index in [2.05, 4.69) is 16.6 Å². The Labute approximate surface area is 200 Å². The van der Waals surface area contributed by atoms with Crippen LogP contribution in [0.3, 0.4) is 0 Å². The first-order valence-electron chi connectivity index (χ1n) is 10.2. The number of methoxy groups -OCH3 is 1. The van der Waals surface area contributed by atoms with Crippen LogP contribution in [0, 0.1) is 0 Å². The van der Waals surface area contributed by atoms with Crippen LogP contribution >= 0.6 is 0 Å².